The summed E-state index contributed by atoms with van der Waals surface area (Å²) in [6.45, 7) is 0. The molecule has 0 unspecified atom stereocenters. The first kappa shape index (κ1) is 20.5. The molecule has 0 heterocycles. The highest BCUT2D eigenvalue weighted by molar-refractivity contribution is 6.35. The van der Waals surface area contributed by atoms with Crippen molar-refractivity contribution < 1.29 is 23.9 Å². The zero-order valence-electron chi connectivity index (χ0n) is 14.4. The molecule has 1 N–H and O–H groups in total. The van der Waals surface area contributed by atoms with Gasteiger partial charge in [-0.2, -0.15) is 0 Å². The van der Waals surface area contributed by atoms with E-state index in [0.29, 0.717) is 15.6 Å². The molecule has 8 heteroatoms. The van der Waals surface area contributed by atoms with Gasteiger partial charge < -0.3 is 14.8 Å². The Bertz CT molecular complexity index is 924. The summed E-state index contributed by atoms with van der Waals surface area (Å²) in [4.78, 5) is 35.8. The Kier molecular flexibility index (Phi) is 6.98. The molecule has 140 valence electrons. The van der Waals surface area contributed by atoms with Gasteiger partial charge in [0, 0.05) is 16.1 Å². The first-order chi connectivity index (χ1) is 12.8. The number of esters is 2. The van der Waals surface area contributed by atoms with E-state index in [1.807, 2.05) is 0 Å². The summed E-state index contributed by atoms with van der Waals surface area (Å²) in [6, 6.07) is 8.95. The van der Waals surface area contributed by atoms with Crippen LogP contribution in [0.25, 0.3) is 6.08 Å². The van der Waals surface area contributed by atoms with Gasteiger partial charge in [0.1, 0.15) is 0 Å². The van der Waals surface area contributed by atoms with E-state index >= 15 is 0 Å². The van der Waals surface area contributed by atoms with Crippen LogP contribution in [0.4, 0.5) is 5.69 Å². The molecule has 2 aromatic carbocycles. The molecule has 0 saturated carbocycles. The van der Waals surface area contributed by atoms with E-state index in [0.717, 1.165) is 0 Å². The summed E-state index contributed by atoms with van der Waals surface area (Å²) >= 11 is 11.9. The topological polar surface area (TPSA) is 81.7 Å². The average Bonchev–Trinajstić information content (AvgIpc) is 2.66. The van der Waals surface area contributed by atoms with Crippen molar-refractivity contribution in [1.82, 2.24) is 0 Å². The van der Waals surface area contributed by atoms with E-state index in [1.54, 1.807) is 18.2 Å². The number of methoxy groups -OCH3 is 2. The number of benzene rings is 2. The van der Waals surface area contributed by atoms with E-state index in [4.69, 9.17) is 23.2 Å². The van der Waals surface area contributed by atoms with Gasteiger partial charge in [0.05, 0.1) is 31.0 Å². The number of carbonyl (C=O) groups is 3. The highest BCUT2D eigenvalue weighted by Crippen LogP contribution is 2.23. The summed E-state index contributed by atoms with van der Waals surface area (Å²) in [5.41, 5.74) is 0.968. The number of halogens is 2. The third kappa shape index (κ3) is 5.32. The maximum atomic E-state index is 12.2. The summed E-state index contributed by atoms with van der Waals surface area (Å²) < 4.78 is 9.33. The Labute approximate surface area is 165 Å². The predicted octanol–water partition coefficient (Wildman–Crippen LogP) is 4.22. The number of hydrogen-bond donors (Lipinski definition) is 1. The molecule has 0 radical (unpaired) electrons. The van der Waals surface area contributed by atoms with E-state index in [-0.39, 0.29) is 16.8 Å². The van der Waals surface area contributed by atoms with Gasteiger partial charge in [0.25, 0.3) is 0 Å². The maximum Gasteiger partial charge on any atom is 0.339 e. The van der Waals surface area contributed by atoms with Crippen LogP contribution in [-0.2, 0) is 14.3 Å². The minimum atomic E-state index is -0.661. The zero-order chi connectivity index (χ0) is 20.0. The number of amides is 1. The van der Waals surface area contributed by atoms with Gasteiger partial charge in [-0.3, -0.25) is 4.79 Å². The quantitative estimate of drug-likeness (QED) is 0.592. The van der Waals surface area contributed by atoms with E-state index in [2.05, 4.69) is 14.8 Å². The molecule has 0 bridgehead atoms. The normalized spacial score (nSPS) is 10.5. The standard InChI is InChI=1S/C19H15Cl2NO5/c1-26-18(24)12-4-7-14(19(25)27-2)16(9-12)22-17(23)8-5-11-3-6-13(20)10-15(11)21/h3-10H,1-2H3,(H,22,23). The highest BCUT2D eigenvalue weighted by atomic mass is 35.5. The van der Waals surface area contributed by atoms with Crippen LogP contribution >= 0.6 is 23.2 Å². The van der Waals surface area contributed by atoms with Crippen LogP contribution in [-0.4, -0.2) is 32.1 Å². The van der Waals surface area contributed by atoms with Gasteiger partial charge in [-0.1, -0.05) is 29.3 Å². The number of rotatable bonds is 5. The number of carbonyl (C=O) groups excluding carboxylic acids is 3. The van der Waals surface area contributed by atoms with Crippen molar-refractivity contribution in [3.8, 4) is 0 Å². The fraction of sp³-hybridized carbons (Fsp3) is 0.105. The van der Waals surface area contributed by atoms with Crippen molar-refractivity contribution in [2.45, 2.75) is 0 Å². The number of ether oxygens (including phenoxy) is 2. The Morgan fingerprint density at radius 2 is 1.67 bits per heavy atom. The molecule has 0 spiro atoms. The highest BCUT2D eigenvalue weighted by Gasteiger charge is 2.16. The second-order valence-electron chi connectivity index (χ2n) is 5.23. The predicted molar refractivity (Wildman–Crippen MR) is 103 cm³/mol. The Morgan fingerprint density at radius 3 is 2.30 bits per heavy atom. The molecule has 0 aromatic heterocycles. The van der Waals surface area contributed by atoms with Crippen LogP contribution in [0.3, 0.4) is 0 Å². The molecule has 0 saturated heterocycles. The molecule has 0 atom stereocenters. The second kappa shape index (κ2) is 9.21. The molecule has 1 amide bonds. The number of nitrogens with one attached hydrogen (secondary N) is 1. The van der Waals surface area contributed by atoms with Crippen molar-refractivity contribution in [2.24, 2.45) is 0 Å². The van der Waals surface area contributed by atoms with Crippen molar-refractivity contribution in [2.75, 3.05) is 19.5 Å². The third-order valence-corrected chi connectivity index (χ3v) is 4.04. The van der Waals surface area contributed by atoms with Gasteiger partial charge in [0.2, 0.25) is 5.91 Å². The minimum Gasteiger partial charge on any atom is -0.465 e. The van der Waals surface area contributed by atoms with Gasteiger partial charge in [-0.05, 0) is 42.0 Å². The van der Waals surface area contributed by atoms with Crippen LogP contribution in [0.1, 0.15) is 26.3 Å². The smallest absolute Gasteiger partial charge is 0.339 e. The van der Waals surface area contributed by atoms with E-state index < -0.39 is 17.8 Å². The molecule has 0 aliphatic heterocycles. The van der Waals surface area contributed by atoms with Gasteiger partial charge in [-0.25, -0.2) is 9.59 Å². The van der Waals surface area contributed by atoms with Crippen molar-refractivity contribution in [1.29, 1.82) is 0 Å². The third-order valence-electron chi connectivity index (χ3n) is 3.48. The molecule has 6 nitrogen and oxygen atoms in total. The minimum absolute atomic E-state index is 0.0939. The molecule has 2 aromatic rings. The lowest BCUT2D eigenvalue weighted by Gasteiger charge is -2.10. The second-order valence-corrected chi connectivity index (χ2v) is 6.08. The lowest BCUT2D eigenvalue weighted by atomic mass is 10.1. The fourth-order valence-electron chi connectivity index (χ4n) is 2.16. The first-order valence-electron chi connectivity index (χ1n) is 7.60. The number of anilines is 1. The monoisotopic (exact) mass is 407 g/mol. The Balaban J connectivity index is 2.27. The molecule has 0 aliphatic carbocycles. The van der Waals surface area contributed by atoms with Gasteiger partial charge in [-0.15, -0.1) is 0 Å². The summed E-state index contributed by atoms with van der Waals surface area (Å²) in [5, 5.41) is 3.40. The lowest BCUT2D eigenvalue weighted by molar-refractivity contribution is -0.111. The number of hydrogen-bond acceptors (Lipinski definition) is 5. The van der Waals surface area contributed by atoms with E-state index in [9.17, 15) is 14.4 Å². The first-order valence-corrected chi connectivity index (χ1v) is 8.36. The maximum absolute atomic E-state index is 12.2. The fourth-order valence-corrected chi connectivity index (χ4v) is 2.63. The van der Waals surface area contributed by atoms with Crippen LogP contribution in [0.15, 0.2) is 42.5 Å². The SMILES string of the molecule is COC(=O)c1ccc(C(=O)OC)c(NC(=O)C=Cc2ccc(Cl)cc2Cl)c1. The summed E-state index contributed by atoms with van der Waals surface area (Å²) in [5.74, 6) is -1.80. The van der Waals surface area contributed by atoms with Crippen LogP contribution in [0.5, 0.6) is 0 Å². The molecule has 2 rings (SSSR count). The summed E-state index contributed by atoms with van der Waals surface area (Å²) in [7, 11) is 2.44. The van der Waals surface area contributed by atoms with Crippen LogP contribution in [0, 0.1) is 0 Å². The largest absolute Gasteiger partial charge is 0.465 e. The van der Waals surface area contributed by atoms with Crippen LogP contribution in [0.2, 0.25) is 10.0 Å². The summed E-state index contributed by atoms with van der Waals surface area (Å²) in [6.07, 6.45) is 2.73. The molecular formula is C19H15Cl2NO5. The molecule has 0 fully saturated rings. The van der Waals surface area contributed by atoms with Crippen LogP contribution < -0.4 is 5.32 Å². The van der Waals surface area contributed by atoms with Gasteiger partial charge in [0.15, 0.2) is 0 Å². The molecule has 27 heavy (non-hydrogen) atoms. The zero-order valence-corrected chi connectivity index (χ0v) is 15.9. The average molecular weight is 408 g/mol. The lowest BCUT2D eigenvalue weighted by Crippen LogP contribution is -2.14. The Morgan fingerprint density at radius 1 is 0.963 bits per heavy atom. The molecular weight excluding hydrogens is 393 g/mol. The van der Waals surface area contributed by atoms with E-state index in [1.165, 1.54) is 44.6 Å². The Hall–Kier alpha value is -2.83. The van der Waals surface area contributed by atoms with Crippen molar-refractivity contribution in [3.05, 3.63) is 69.2 Å². The van der Waals surface area contributed by atoms with Crippen molar-refractivity contribution in [3.63, 3.8) is 0 Å². The van der Waals surface area contributed by atoms with Crippen molar-refractivity contribution >= 4 is 52.8 Å². The molecule has 0 aliphatic rings. The van der Waals surface area contributed by atoms with Gasteiger partial charge >= 0.3 is 11.9 Å².